The summed E-state index contributed by atoms with van der Waals surface area (Å²) in [5, 5.41) is 23.5. The lowest BCUT2D eigenvalue weighted by atomic mass is 10.1. The van der Waals surface area contributed by atoms with Gasteiger partial charge in [0.15, 0.2) is 5.78 Å². The highest BCUT2D eigenvalue weighted by atomic mass is 16.5. The second-order valence-electron chi connectivity index (χ2n) is 9.14. The summed E-state index contributed by atoms with van der Waals surface area (Å²) < 4.78 is 5.10. The maximum absolute atomic E-state index is 12.8. The number of Topliss-reactive ketones (excluding diaryl/α,β-unsaturated/α-hetero) is 1. The van der Waals surface area contributed by atoms with Crippen LogP contribution in [0.2, 0.25) is 0 Å². The maximum atomic E-state index is 12.8. The topological polar surface area (TPSA) is 160 Å². The molecule has 13 nitrogen and oxygen atoms in total. The molecular weight excluding hydrogens is 506 g/mol. The number of piperazine rings is 1. The Labute approximate surface area is 224 Å². The van der Waals surface area contributed by atoms with Crippen LogP contribution >= 0.6 is 0 Å². The molecule has 0 aliphatic carbocycles. The number of aliphatic carboxylic acids is 1. The number of alkyl carbamates (subject to hydrolysis) is 1. The number of carboxylic acids is 1. The summed E-state index contributed by atoms with van der Waals surface area (Å²) in [6.07, 6.45) is -1.55. The van der Waals surface area contributed by atoms with Crippen LogP contribution in [0.1, 0.15) is 22.3 Å². The Kier molecular flexibility index (Phi) is 8.94. The molecule has 1 fully saturated rings. The molecule has 4 rings (SSSR count). The largest absolute Gasteiger partial charge is 0.481 e. The van der Waals surface area contributed by atoms with Gasteiger partial charge < -0.3 is 25.0 Å². The average molecular weight is 536 g/mol. The Morgan fingerprint density at radius 2 is 1.69 bits per heavy atom. The van der Waals surface area contributed by atoms with Gasteiger partial charge in [0.1, 0.15) is 19.2 Å². The summed E-state index contributed by atoms with van der Waals surface area (Å²) in [7, 11) is 2.02. The van der Waals surface area contributed by atoms with Crippen molar-refractivity contribution < 1.29 is 29.0 Å². The lowest BCUT2D eigenvalue weighted by Gasteiger charge is -2.32. The number of carbonyl (C=O) groups excluding carboxylic acids is 3. The number of tetrazole rings is 1. The molecule has 13 heteroatoms. The Morgan fingerprint density at radius 3 is 2.36 bits per heavy atom. The molecule has 1 unspecified atom stereocenters. The maximum Gasteiger partial charge on any atom is 0.408 e. The zero-order chi connectivity index (χ0) is 27.8. The molecule has 0 spiro atoms. The third-order valence-electron chi connectivity index (χ3n) is 6.20. The molecular formula is C26H29N7O6. The molecule has 1 atom stereocenters. The summed E-state index contributed by atoms with van der Waals surface area (Å²) in [4.78, 5) is 54.0. The predicted molar refractivity (Wildman–Crippen MR) is 137 cm³/mol. The van der Waals surface area contributed by atoms with Gasteiger partial charge in [-0.1, -0.05) is 42.5 Å². The quantitative estimate of drug-likeness (QED) is 0.384. The highest BCUT2D eigenvalue weighted by molar-refractivity contribution is 5.94. The minimum absolute atomic E-state index is 0.0333. The first kappa shape index (κ1) is 27.4. The lowest BCUT2D eigenvalue weighted by Crippen LogP contribution is -2.47. The standard InChI is InChI=1S/C26H29N7O6/c1-31-11-13-32(14-12-31)25(37)20-9-7-19(8-10-20)24-28-30-33(29-24)16-22(34)21(15-23(35)36)27-26(38)39-17-18-5-3-2-4-6-18/h2-10,21H,11-17H2,1H3,(H,27,38)(H,35,36). The molecule has 0 saturated carbocycles. The number of benzene rings is 2. The van der Waals surface area contributed by atoms with E-state index < -0.39 is 36.9 Å². The molecule has 39 heavy (non-hydrogen) atoms. The van der Waals surface area contributed by atoms with Gasteiger partial charge in [0.25, 0.3) is 5.91 Å². The van der Waals surface area contributed by atoms with E-state index in [1.165, 1.54) is 0 Å². The second kappa shape index (κ2) is 12.7. The summed E-state index contributed by atoms with van der Waals surface area (Å²) in [5.41, 5.74) is 1.88. The number of carboxylic acid groups (broad SMARTS) is 1. The fourth-order valence-electron chi connectivity index (χ4n) is 3.96. The first-order valence-corrected chi connectivity index (χ1v) is 12.4. The van der Waals surface area contributed by atoms with E-state index in [2.05, 4.69) is 25.6 Å². The van der Waals surface area contributed by atoms with Gasteiger partial charge >= 0.3 is 12.1 Å². The van der Waals surface area contributed by atoms with Crippen molar-refractivity contribution in [2.24, 2.45) is 0 Å². The molecule has 2 N–H and O–H groups in total. The van der Waals surface area contributed by atoms with Crippen molar-refractivity contribution in [2.45, 2.75) is 25.6 Å². The number of carbonyl (C=O) groups is 4. The SMILES string of the molecule is CN1CCN(C(=O)c2ccc(-c3nnn(CC(=O)C(CC(=O)O)NC(=O)OCc4ccccc4)n3)cc2)CC1. The van der Waals surface area contributed by atoms with E-state index in [9.17, 15) is 24.3 Å². The van der Waals surface area contributed by atoms with Crippen LogP contribution < -0.4 is 5.32 Å². The van der Waals surface area contributed by atoms with Gasteiger partial charge in [-0.2, -0.15) is 4.80 Å². The normalized spacial score (nSPS) is 14.4. The monoisotopic (exact) mass is 535 g/mol. The van der Waals surface area contributed by atoms with Crippen LogP contribution in [-0.2, 0) is 27.5 Å². The molecule has 2 heterocycles. The van der Waals surface area contributed by atoms with Crippen molar-refractivity contribution in [3.05, 3.63) is 65.7 Å². The highest BCUT2D eigenvalue weighted by Crippen LogP contribution is 2.16. The van der Waals surface area contributed by atoms with E-state index in [1.54, 1.807) is 48.5 Å². The minimum Gasteiger partial charge on any atom is -0.481 e. The van der Waals surface area contributed by atoms with E-state index in [4.69, 9.17) is 4.74 Å². The fourth-order valence-corrected chi connectivity index (χ4v) is 3.96. The smallest absolute Gasteiger partial charge is 0.408 e. The van der Waals surface area contributed by atoms with Crippen LogP contribution in [0.5, 0.6) is 0 Å². The van der Waals surface area contributed by atoms with Crippen molar-refractivity contribution in [3.63, 3.8) is 0 Å². The van der Waals surface area contributed by atoms with Crippen LogP contribution in [0.15, 0.2) is 54.6 Å². The van der Waals surface area contributed by atoms with Crippen LogP contribution in [0.4, 0.5) is 4.79 Å². The number of ketones is 1. The van der Waals surface area contributed by atoms with Gasteiger partial charge in [-0.05, 0) is 30.0 Å². The Bertz CT molecular complexity index is 1300. The van der Waals surface area contributed by atoms with Crippen molar-refractivity contribution in [2.75, 3.05) is 33.2 Å². The van der Waals surface area contributed by atoms with Gasteiger partial charge in [0.05, 0.1) is 6.42 Å². The van der Waals surface area contributed by atoms with Crippen LogP contribution in [0.3, 0.4) is 0 Å². The van der Waals surface area contributed by atoms with E-state index >= 15 is 0 Å². The molecule has 2 aromatic carbocycles. The van der Waals surface area contributed by atoms with Crippen LogP contribution in [0, 0.1) is 0 Å². The van der Waals surface area contributed by atoms with Crippen molar-refractivity contribution in [1.82, 2.24) is 35.3 Å². The first-order chi connectivity index (χ1) is 18.8. The van der Waals surface area contributed by atoms with E-state index in [0.717, 1.165) is 23.4 Å². The number of likely N-dealkylation sites (N-methyl/N-ethyl adjacent to an activating group) is 1. The van der Waals surface area contributed by atoms with Crippen molar-refractivity contribution in [1.29, 1.82) is 0 Å². The minimum atomic E-state index is -1.35. The number of ether oxygens (including phenoxy) is 1. The Morgan fingerprint density at radius 1 is 1.00 bits per heavy atom. The van der Waals surface area contributed by atoms with E-state index in [1.807, 2.05) is 18.0 Å². The Hall–Kier alpha value is -4.65. The van der Waals surface area contributed by atoms with Gasteiger partial charge in [0, 0.05) is 37.3 Å². The molecule has 1 aliphatic heterocycles. The van der Waals surface area contributed by atoms with Crippen LogP contribution in [-0.4, -0.2) is 98.1 Å². The third kappa shape index (κ3) is 7.68. The molecule has 2 amide bonds. The highest BCUT2D eigenvalue weighted by Gasteiger charge is 2.26. The van der Waals surface area contributed by atoms with Crippen molar-refractivity contribution >= 4 is 23.8 Å². The second-order valence-corrected chi connectivity index (χ2v) is 9.14. The molecule has 0 bridgehead atoms. The number of amides is 2. The van der Waals surface area contributed by atoms with E-state index in [-0.39, 0.29) is 18.3 Å². The first-order valence-electron chi connectivity index (χ1n) is 12.4. The number of aromatic nitrogens is 4. The molecule has 1 aliphatic rings. The zero-order valence-electron chi connectivity index (χ0n) is 21.4. The summed E-state index contributed by atoms with van der Waals surface area (Å²) >= 11 is 0. The number of nitrogens with one attached hydrogen (secondary N) is 1. The zero-order valence-corrected chi connectivity index (χ0v) is 21.4. The average Bonchev–Trinajstić information content (AvgIpc) is 3.40. The molecule has 3 aromatic rings. The number of nitrogens with zero attached hydrogens (tertiary/aromatic N) is 6. The third-order valence-corrected chi connectivity index (χ3v) is 6.20. The predicted octanol–water partition coefficient (Wildman–Crippen LogP) is 1.07. The van der Waals surface area contributed by atoms with Gasteiger partial charge in [-0.25, -0.2) is 4.79 Å². The molecule has 0 radical (unpaired) electrons. The van der Waals surface area contributed by atoms with Gasteiger partial charge in [-0.15, -0.1) is 10.2 Å². The Balaban J connectivity index is 1.34. The molecule has 1 saturated heterocycles. The van der Waals surface area contributed by atoms with Crippen LogP contribution in [0.25, 0.3) is 11.4 Å². The molecule has 204 valence electrons. The number of hydrogen-bond donors (Lipinski definition) is 2. The summed E-state index contributed by atoms with van der Waals surface area (Å²) in [5.74, 6) is -1.72. The fraction of sp³-hybridized carbons (Fsp3) is 0.346. The van der Waals surface area contributed by atoms with Gasteiger partial charge in [0.2, 0.25) is 5.82 Å². The summed E-state index contributed by atoms with van der Waals surface area (Å²) in [6, 6.07) is 14.4. The van der Waals surface area contributed by atoms with Gasteiger partial charge in [-0.3, -0.25) is 14.4 Å². The van der Waals surface area contributed by atoms with E-state index in [0.29, 0.717) is 24.2 Å². The molecule has 1 aromatic heterocycles. The summed E-state index contributed by atoms with van der Waals surface area (Å²) in [6.45, 7) is 2.55. The lowest BCUT2D eigenvalue weighted by molar-refractivity contribution is -0.139. The number of hydrogen-bond acceptors (Lipinski definition) is 9. The number of rotatable bonds is 10. The van der Waals surface area contributed by atoms with Crippen molar-refractivity contribution in [3.8, 4) is 11.4 Å².